The van der Waals surface area contributed by atoms with Crippen LogP contribution in [0.15, 0.2) is 72.8 Å². The maximum atomic E-state index is 13.2. The highest BCUT2D eigenvalue weighted by atomic mass is 35.5. The van der Waals surface area contributed by atoms with E-state index >= 15 is 0 Å². The van der Waals surface area contributed by atoms with Gasteiger partial charge in [-0.25, -0.2) is 0 Å². The van der Waals surface area contributed by atoms with Gasteiger partial charge in [-0.3, -0.25) is 9.59 Å². The number of ether oxygens (including phenoxy) is 1. The minimum Gasteiger partial charge on any atom is -0.488 e. The molecule has 2 amide bonds. The summed E-state index contributed by atoms with van der Waals surface area (Å²) in [5, 5.41) is 5.61. The third kappa shape index (κ3) is 7.75. The van der Waals surface area contributed by atoms with Gasteiger partial charge in [-0.15, -0.1) is 0 Å². The molecule has 0 spiro atoms. The van der Waals surface area contributed by atoms with Crippen molar-refractivity contribution in [1.29, 1.82) is 0 Å². The van der Waals surface area contributed by atoms with Crippen LogP contribution in [-0.4, -0.2) is 17.9 Å². The Morgan fingerprint density at radius 2 is 1.64 bits per heavy atom. The van der Waals surface area contributed by atoms with E-state index in [1.807, 2.05) is 44.2 Å². The molecule has 0 unspecified atom stereocenters. The quantitative estimate of drug-likeness (QED) is 0.330. The molecule has 2 N–H and O–H groups in total. The minimum absolute atomic E-state index is 0.0433. The number of rotatable bonds is 9. The van der Waals surface area contributed by atoms with Gasteiger partial charge in [0.1, 0.15) is 18.4 Å². The van der Waals surface area contributed by atoms with Crippen LogP contribution < -0.4 is 15.4 Å². The van der Waals surface area contributed by atoms with E-state index in [2.05, 4.69) is 10.6 Å². The van der Waals surface area contributed by atoms with Crippen molar-refractivity contribution < 1.29 is 27.5 Å². The molecule has 5 nitrogen and oxygen atoms in total. The molecule has 3 aromatic carbocycles. The molecule has 190 valence electrons. The van der Waals surface area contributed by atoms with Crippen molar-refractivity contribution >= 4 is 29.1 Å². The normalized spacial score (nSPS) is 12.2. The van der Waals surface area contributed by atoms with Crippen molar-refractivity contribution in [3.8, 4) is 5.75 Å². The monoisotopic (exact) mass is 518 g/mol. The fourth-order valence-electron chi connectivity index (χ4n) is 3.45. The van der Waals surface area contributed by atoms with E-state index in [-0.39, 0.29) is 23.8 Å². The Hall–Kier alpha value is -3.52. The van der Waals surface area contributed by atoms with Crippen LogP contribution in [0.1, 0.15) is 41.8 Å². The zero-order chi connectivity index (χ0) is 26.3. The zero-order valence-corrected chi connectivity index (χ0v) is 20.5. The molecule has 0 radical (unpaired) electrons. The van der Waals surface area contributed by atoms with E-state index < -0.39 is 29.6 Å². The second-order valence-corrected chi connectivity index (χ2v) is 9.07. The maximum absolute atomic E-state index is 13.2. The molecule has 0 aromatic heterocycles. The second kappa shape index (κ2) is 11.9. The number of benzene rings is 3. The maximum Gasteiger partial charge on any atom is 0.416 e. The largest absolute Gasteiger partial charge is 0.488 e. The Balaban J connectivity index is 1.75. The van der Waals surface area contributed by atoms with Crippen LogP contribution in [0.25, 0.3) is 0 Å². The van der Waals surface area contributed by atoms with Crippen LogP contribution in [0, 0.1) is 5.92 Å². The molecule has 0 saturated carbocycles. The highest BCUT2D eigenvalue weighted by Gasteiger charge is 2.30. The number of nitrogens with one attached hydrogen (secondary N) is 2. The van der Waals surface area contributed by atoms with E-state index in [1.165, 1.54) is 18.2 Å². The predicted octanol–water partition coefficient (Wildman–Crippen LogP) is 6.72. The van der Waals surface area contributed by atoms with Gasteiger partial charge in [-0.2, -0.15) is 13.2 Å². The molecule has 0 aliphatic heterocycles. The summed E-state index contributed by atoms with van der Waals surface area (Å²) in [6.45, 7) is 4.00. The Kier molecular flexibility index (Phi) is 8.98. The molecule has 1 atom stereocenters. The molecule has 0 fully saturated rings. The fourth-order valence-corrected chi connectivity index (χ4v) is 3.62. The van der Waals surface area contributed by atoms with Gasteiger partial charge in [0.25, 0.3) is 5.91 Å². The lowest BCUT2D eigenvalue weighted by atomic mass is 10.0. The van der Waals surface area contributed by atoms with Crippen LogP contribution in [0.3, 0.4) is 0 Å². The lowest BCUT2D eigenvalue weighted by Crippen LogP contribution is -2.44. The molecule has 0 saturated heterocycles. The second-order valence-electron chi connectivity index (χ2n) is 8.63. The summed E-state index contributed by atoms with van der Waals surface area (Å²) in [4.78, 5) is 26.1. The van der Waals surface area contributed by atoms with Gasteiger partial charge in [0.2, 0.25) is 5.91 Å². The summed E-state index contributed by atoms with van der Waals surface area (Å²) >= 11 is 6.12. The molecule has 3 aromatic rings. The first-order valence-corrected chi connectivity index (χ1v) is 11.7. The SMILES string of the molecule is CC(C)C[C@H](NC(=O)c1cc(Cl)ccc1OCc1ccccc1)C(=O)Nc1ccc(C(F)(F)F)cc1. The van der Waals surface area contributed by atoms with Crippen LogP contribution >= 0.6 is 11.6 Å². The number of halogens is 4. The number of carbonyl (C=O) groups excluding carboxylic acids is 2. The van der Waals surface area contributed by atoms with Crippen molar-refractivity contribution in [2.75, 3.05) is 5.32 Å². The summed E-state index contributed by atoms with van der Waals surface area (Å²) < 4.78 is 44.3. The smallest absolute Gasteiger partial charge is 0.416 e. The van der Waals surface area contributed by atoms with E-state index in [4.69, 9.17) is 16.3 Å². The van der Waals surface area contributed by atoms with E-state index in [9.17, 15) is 22.8 Å². The van der Waals surface area contributed by atoms with Gasteiger partial charge < -0.3 is 15.4 Å². The Labute approximate surface area is 212 Å². The zero-order valence-electron chi connectivity index (χ0n) is 19.7. The predicted molar refractivity (Wildman–Crippen MR) is 133 cm³/mol. The number of hydrogen-bond acceptors (Lipinski definition) is 3. The first-order valence-electron chi connectivity index (χ1n) is 11.3. The van der Waals surface area contributed by atoms with Gasteiger partial charge in [-0.05, 0) is 60.4 Å². The molecule has 36 heavy (non-hydrogen) atoms. The van der Waals surface area contributed by atoms with Crippen LogP contribution in [0.4, 0.5) is 18.9 Å². The highest BCUT2D eigenvalue weighted by molar-refractivity contribution is 6.31. The molecular weight excluding hydrogens is 493 g/mol. The van der Waals surface area contributed by atoms with Gasteiger partial charge in [0, 0.05) is 10.7 Å². The van der Waals surface area contributed by atoms with Crippen LogP contribution in [-0.2, 0) is 17.6 Å². The number of carbonyl (C=O) groups is 2. The number of hydrogen-bond donors (Lipinski definition) is 2. The third-order valence-electron chi connectivity index (χ3n) is 5.23. The third-order valence-corrected chi connectivity index (χ3v) is 5.47. The lowest BCUT2D eigenvalue weighted by molar-refractivity contribution is -0.137. The van der Waals surface area contributed by atoms with E-state index in [1.54, 1.807) is 12.1 Å². The standard InChI is InChI=1S/C27H26ClF3N2O3/c1-17(2)14-23(26(35)32-21-11-8-19(9-12-21)27(29,30)31)33-25(34)22-15-20(28)10-13-24(22)36-16-18-6-4-3-5-7-18/h3-13,15,17,23H,14,16H2,1-2H3,(H,32,35)(H,33,34)/t23-/m0/s1. The highest BCUT2D eigenvalue weighted by Crippen LogP contribution is 2.30. The summed E-state index contributed by atoms with van der Waals surface area (Å²) in [6, 6.07) is 17.2. The van der Waals surface area contributed by atoms with Gasteiger partial charge in [0.05, 0.1) is 11.1 Å². The minimum atomic E-state index is -4.48. The molecule has 0 aliphatic carbocycles. The van der Waals surface area contributed by atoms with Crippen LogP contribution in [0.2, 0.25) is 5.02 Å². The van der Waals surface area contributed by atoms with Crippen molar-refractivity contribution in [1.82, 2.24) is 5.32 Å². The van der Waals surface area contributed by atoms with E-state index in [0.29, 0.717) is 17.2 Å². The Bertz CT molecular complexity index is 1180. The van der Waals surface area contributed by atoms with Gasteiger partial charge in [0.15, 0.2) is 0 Å². The lowest BCUT2D eigenvalue weighted by Gasteiger charge is -2.21. The first kappa shape index (κ1) is 27.1. The Morgan fingerprint density at radius 1 is 0.972 bits per heavy atom. The first-order chi connectivity index (χ1) is 17.0. The number of amides is 2. The molecule has 3 rings (SSSR count). The summed E-state index contributed by atoms with van der Waals surface area (Å²) in [5.41, 5.74) is 0.434. The fraction of sp³-hybridized carbons (Fsp3) is 0.259. The van der Waals surface area contributed by atoms with Crippen molar-refractivity contribution in [2.45, 2.75) is 39.1 Å². The van der Waals surface area contributed by atoms with Gasteiger partial charge in [-0.1, -0.05) is 55.8 Å². The Morgan fingerprint density at radius 3 is 2.25 bits per heavy atom. The average Bonchev–Trinajstić information content (AvgIpc) is 2.83. The van der Waals surface area contributed by atoms with Crippen molar-refractivity contribution in [3.05, 3.63) is 94.5 Å². The summed E-state index contributed by atoms with van der Waals surface area (Å²) in [6.07, 6.45) is -4.17. The van der Waals surface area contributed by atoms with Gasteiger partial charge >= 0.3 is 6.18 Å². The molecule has 9 heteroatoms. The topological polar surface area (TPSA) is 67.4 Å². The average molecular weight is 519 g/mol. The number of anilines is 1. The molecule has 0 aliphatic rings. The summed E-state index contributed by atoms with van der Waals surface area (Å²) in [5.74, 6) is -0.770. The van der Waals surface area contributed by atoms with Crippen molar-refractivity contribution in [2.24, 2.45) is 5.92 Å². The van der Waals surface area contributed by atoms with E-state index in [0.717, 1.165) is 17.7 Å². The van der Waals surface area contributed by atoms with Crippen LogP contribution in [0.5, 0.6) is 5.75 Å². The molecular formula is C27H26ClF3N2O3. The van der Waals surface area contributed by atoms with Crippen molar-refractivity contribution in [3.63, 3.8) is 0 Å². The number of alkyl halides is 3. The molecule has 0 heterocycles. The molecule has 0 bridgehead atoms. The summed E-state index contributed by atoms with van der Waals surface area (Å²) in [7, 11) is 0.